The largest absolute Gasteiger partial charge is 0.506 e. The highest BCUT2D eigenvalue weighted by Gasteiger charge is 2.42. The van der Waals surface area contributed by atoms with Crippen molar-refractivity contribution in [2.45, 2.75) is 26.9 Å². The zero-order valence-corrected chi connectivity index (χ0v) is 17.8. The van der Waals surface area contributed by atoms with Crippen LogP contribution >= 0.6 is 0 Å². The van der Waals surface area contributed by atoms with Crippen molar-refractivity contribution in [3.05, 3.63) is 45.5 Å². The summed E-state index contributed by atoms with van der Waals surface area (Å²) in [5.41, 5.74) is -3.04. The Balaban J connectivity index is 2.65. The fourth-order valence-electron chi connectivity index (χ4n) is 3.11. The lowest BCUT2D eigenvalue weighted by molar-refractivity contribution is -0.139. The summed E-state index contributed by atoms with van der Waals surface area (Å²) in [6.45, 7) is 3.76. The first-order valence-corrected chi connectivity index (χ1v) is 9.04. The lowest BCUT2D eigenvalue weighted by Crippen LogP contribution is -2.19. The number of alkyl halides is 3. The minimum absolute atomic E-state index is 0.0320. The van der Waals surface area contributed by atoms with E-state index < -0.39 is 40.7 Å². The fourth-order valence-corrected chi connectivity index (χ4v) is 3.11. The molecule has 0 aliphatic heterocycles. The predicted octanol–water partition coefficient (Wildman–Crippen LogP) is 4.24. The summed E-state index contributed by atoms with van der Waals surface area (Å²) < 4.78 is 61.5. The van der Waals surface area contributed by atoms with Crippen molar-refractivity contribution in [3.63, 3.8) is 0 Å². The SMILES string of the molecule is COCOc1cc(C)c(C(=O)Oc2c(C)c(C)c(C(=O)O)c(O)c2C(F)(F)F)c(OC)c1. The number of esters is 1. The van der Waals surface area contributed by atoms with Gasteiger partial charge in [0.05, 0.1) is 7.11 Å². The number of aryl methyl sites for hydroxylation is 1. The zero-order valence-electron chi connectivity index (χ0n) is 17.8. The number of carbonyl (C=O) groups excluding carboxylic acids is 1. The minimum Gasteiger partial charge on any atom is -0.506 e. The van der Waals surface area contributed by atoms with E-state index in [1.54, 1.807) is 0 Å². The molecule has 0 atom stereocenters. The van der Waals surface area contributed by atoms with Gasteiger partial charge in [-0.25, -0.2) is 9.59 Å². The fraction of sp³-hybridized carbons (Fsp3) is 0.333. The summed E-state index contributed by atoms with van der Waals surface area (Å²) in [5, 5.41) is 19.3. The Morgan fingerprint density at radius 2 is 1.66 bits per heavy atom. The van der Waals surface area contributed by atoms with Crippen LogP contribution in [-0.2, 0) is 10.9 Å². The molecule has 0 spiro atoms. The zero-order chi connectivity index (χ0) is 24.4. The lowest BCUT2D eigenvalue weighted by Gasteiger charge is -2.21. The number of ether oxygens (including phenoxy) is 4. The average Bonchev–Trinajstić information content (AvgIpc) is 2.68. The highest BCUT2D eigenvalue weighted by atomic mass is 19.4. The number of carbonyl (C=O) groups is 2. The standard InChI is InChI=1S/C21H21F3O8/c1-9-6-12(31-8-29-4)7-13(30-5)14(9)20(28)32-18-11(3)10(2)15(19(26)27)17(25)16(18)21(22,23)24/h6-7,25H,8H2,1-5H3,(H,26,27). The average molecular weight is 458 g/mol. The van der Waals surface area contributed by atoms with Crippen LogP contribution in [0.2, 0.25) is 0 Å². The number of aromatic hydroxyl groups is 1. The molecule has 2 N–H and O–H groups in total. The Labute approximate surface area is 181 Å². The van der Waals surface area contributed by atoms with Crippen molar-refractivity contribution >= 4 is 11.9 Å². The topological polar surface area (TPSA) is 112 Å². The van der Waals surface area contributed by atoms with Gasteiger partial charge in [-0.2, -0.15) is 13.2 Å². The van der Waals surface area contributed by atoms with E-state index in [9.17, 15) is 33.0 Å². The van der Waals surface area contributed by atoms with Gasteiger partial charge in [0.25, 0.3) is 0 Å². The Bertz CT molecular complexity index is 1060. The molecular weight excluding hydrogens is 437 g/mol. The molecule has 0 bridgehead atoms. The van der Waals surface area contributed by atoms with Gasteiger partial charge in [0.1, 0.15) is 39.7 Å². The number of hydrogen-bond donors (Lipinski definition) is 2. The number of methoxy groups -OCH3 is 2. The monoisotopic (exact) mass is 458 g/mol. The number of carboxylic acid groups (broad SMARTS) is 1. The molecule has 8 nitrogen and oxygen atoms in total. The predicted molar refractivity (Wildman–Crippen MR) is 105 cm³/mol. The van der Waals surface area contributed by atoms with Crippen molar-refractivity contribution < 1.29 is 51.9 Å². The van der Waals surface area contributed by atoms with E-state index in [0.717, 1.165) is 6.92 Å². The number of benzene rings is 2. The molecule has 2 rings (SSSR count). The molecular formula is C21H21F3O8. The van der Waals surface area contributed by atoms with Crippen LogP contribution in [0.25, 0.3) is 0 Å². The molecule has 0 unspecified atom stereocenters. The van der Waals surface area contributed by atoms with Gasteiger partial charge in [0.15, 0.2) is 6.79 Å². The van der Waals surface area contributed by atoms with Crippen molar-refractivity contribution in [2.75, 3.05) is 21.0 Å². The molecule has 32 heavy (non-hydrogen) atoms. The number of halogens is 3. The van der Waals surface area contributed by atoms with E-state index in [1.165, 1.54) is 40.2 Å². The minimum atomic E-state index is -5.21. The summed E-state index contributed by atoms with van der Waals surface area (Å²) in [6.07, 6.45) is -5.21. The molecule has 0 aromatic heterocycles. The van der Waals surface area contributed by atoms with Gasteiger partial charge in [-0.3, -0.25) is 0 Å². The first-order valence-electron chi connectivity index (χ1n) is 9.04. The van der Waals surface area contributed by atoms with Crippen LogP contribution in [-0.4, -0.2) is 43.2 Å². The molecule has 0 saturated carbocycles. The summed E-state index contributed by atoms with van der Waals surface area (Å²) in [6, 6.07) is 2.77. The van der Waals surface area contributed by atoms with Crippen molar-refractivity contribution in [2.24, 2.45) is 0 Å². The number of carboxylic acids is 1. The maximum absolute atomic E-state index is 13.7. The molecule has 0 amide bonds. The van der Waals surface area contributed by atoms with Crippen LogP contribution in [0.1, 0.15) is 43.0 Å². The van der Waals surface area contributed by atoms with Crippen LogP contribution in [0.4, 0.5) is 13.2 Å². The molecule has 11 heteroatoms. The van der Waals surface area contributed by atoms with Crippen molar-refractivity contribution in [1.29, 1.82) is 0 Å². The number of rotatable bonds is 7. The van der Waals surface area contributed by atoms with Gasteiger partial charge < -0.3 is 29.2 Å². The van der Waals surface area contributed by atoms with Crippen molar-refractivity contribution in [3.8, 4) is 23.0 Å². The molecule has 0 heterocycles. The Kier molecular flexibility index (Phi) is 7.24. The van der Waals surface area contributed by atoms with Gasteiger partial charge >= 0.3 is 18.1 Å². The highest BCUT2D eigenvalue weighted by Crippen LogP contribution is 2.47. The normalized spacial score (nSPS) is 11.2. The number of aromatic carboxylic acids is 1. The molecule has 2 aromatic rings. The van der Waals surface area contributed by atoms with E-state index in [2.05, 4.69) is 0 Å². The van der Waals surface area contributed by atoms with Gasteiger partial charge in [-0.05, 0) is 43.5 Å². The third-order valence-corrected chi connectivity index (χ3v) is 4.71. The third kappa shape index (κ3) is 4.72. The van der Waals surface area contributed by atoms with Gasteiger partial charge in [-0.1, -0.05) is 0 Å². The molecule has 2 aromatic carbocycles. The molecule has 174 valence electrons. The smallest absolute Gasteiger partial charge is 0.423 e. The maximum atomic E-state index is 13.7. The summed E-state index contributed by atoms with van der Waals surface area (Å²) in [5.74, 6) is -5.24. The number of hydrogen-bond acceptors (Lipinski definition) is 7. The Morgan fingerprint density at radius 3 is 2.16 bits per heavy atom. The van der Waals surface area contributed by atoms with Crippen LogP contribution in [0, 0.1) is 20.8 Å². The van der Waals surface area contributed by atoms with Crippen molar-refractivity contribution in [1.82, 2.24) is 0 Å². The molecule has 0 saturated heterocycles. The van der Waals surface area contributed by atoms with E-state index in [-0.39, 0.29) is 40.5 Å². The third-order valence-electron chi connectivity index (χ3n) is 4.71. The van der Waals surface area contributed by atoms with Crippen LogP contribution in [0.15, 0.2) is 12.1 Å². The second-order valence-corrected chi connectivity index (χ2v) is 6.74. The molecule has 0 radical (unpaired) electrons. The molecule has 0 fully saturated rings. The van der Waals surface area contributed by atoms with Gasteiger partial charge in [0, 0.05) is 13.2 Å². The second kappa shape index (κ2) is 9.35. The quantitative estimate of drug-likeness (QED) is 0.360. The van der Waals surface area contributed by atoms with Crippen LogP contribution in [0.5, 0.6) is 23.0 Å². The first kappa shape index (κ1) is 24.8. The van der Waals surface area contributed by atoms with Gasteiger partial charge in [0.2, 0.25) is 0 Å². The maximum Gasteiger partial charge on any atom is 0.423 e. The second-order valence-electron chi connectivity index (χ2n) is 6.74. The number of phenols is 1. The van der Waals surface area contributed by atoms with Crippen LogP contribution < -0.4 is 14.2 Å². The summed E-state index contributed by atoms with van der Waals surface area (Å²) in [7, 11) is 2.65. The van der Waals surface area contributed by atoms with E-state index in [4.69, 9.17) is 18.9 Å². The van der Waals surface area contributed by atoms with E-state index in [0.29, 0.717) is 0 Å². The van der Waals surface area contributed by atoms with E-state index in [1.807, 2.05) is 0 Å². The van der Waals surface area contributed by atoms with Gasteiger partial charge in [-0.15, -0.1) is 0 Å². The van der Waals surface area contributed by atoms with Crippen LogP contribution in [0.3, 0.4) is 0 Å². The summed E-state index contributed by atoms with van der Waals surface area (Å²) in [4.78, 5) is 24.3. The van der Waals surface area contributed by atoms with E-state index >= 15 is 0 Å². The molecule has 0 aliphatic rings. The molecule has 0 aliphatic carbocycles. The first-order chi connectivity index (χ1) is 14.8. The Morgan fingerprint density at radius 1 is 1.03 bits per heavy atom. The highest BCUT2D eigenvalue weighted by molar-refractivity contribution is 5.98. The lowest BCUT2D eigenvalue weighted by atomic mass is 9.96. The Hall–Kier alpha value is -3.47. The summed E-state index contributed by atoms with van der Waals surface area (Å²) >= 11 is 0.